The van der Waals surface area contributed by atoms with E-state index in [0.717, 1.165) is 42.8 Å². The van der Waals surface area contributed by atoms with Gasteiger partial charge in [-0.15, -0.1) is 0 Å². The zero-order valence-electron chi connectivity index (χ0n) is 17.4. The molecule has 158 valence electrons. The number of hydrogen-bond acceptors (Lipinski definition) is 3. The van der Waals surface area contributed by atoms with Crippen molar-refractivity contribution in [2.75, 3.05) is 37.6 Å². The molecule has 30 heavy (non-hydrogen) atoms. The molecule has 2 aliphatic heterocycles. The Morgan fingerprint density at radius 3 is 2.67 bits per heavy atom. The van der Waals surface area contributed by atoms with Crippen LogP contribution in [0.15, 0.2) is 53.0 Å². The first kappa shape index (κ1) is 21.1. The topological polar surface area (TPSA) is 43.9 Å². The Labute approximate surface area is 186 Å². The van der Waals surface area contributed by atoms with Crippen LogP contribution in [0.1, 0.15) is 24.0 Å². The van der Waals surface area contributed by atoms with Crippen molar-refractivity contribution in [2.45, 2.75) is 26.3 Å². The normalized spacial score (nSPS) is 20.5. The van der Waals surface area contributed by atoms with Crippen molar-refractivity contribution in [1.29, 1.82) is 0 Å². The Morgan fingerprint density at radius 2 is 1.87 bits per heavy atom. The van der Waals surface area contributed by atoms with Crippen molar-refractivity contribution in [1.82, 2.24) is 9.80 Å². The van der Waals surface area contributed by atoms with Crippen LogP contribution in [0.4, 0.5) is 5.69 Å². The first-order chi connectivity index (χ1) is 14.5. The quantitative estimate of drug-likeness (QED) is 0.638. The summed E-state index contributed by atoms with van der Waals surface area (Å²) in [6.07, 6.45) is 1.53. The predicted molar refractivity (Wildman–Crippen MR) is 122 cm³/mol. The third kappa shape index (κ3) is 4.60. The molecular weight excluding hydrogens is 442 g/mol. The fourth-order valence-electron chi connectivity index (χ4n) is 4.41. The minimum atomic E-state index is -0.549. The van der Waals surface area contributed by atoms with E-state index in [0.29, 0.717) is 19.5 Å². The highest BCUT2D eigenvalue weighted by molar-refractivity contribution is 9.10. The molecule has 2 aliphatic rings. The third-order valence-corrected chi connectivity index (χ3v) is 6.67. The number of carbonyl (C=O) groups excluding carboxylic acids is 2. The molecule has 0 bridgehead atoms. The molecule has 0 aliphatic carbocycles. The fraction of sp³-hybridized carbons (Fsp3) is 0.417. The van der Waals surface area contributed by atoms with Gasteiger partial charge in [-0.05, 0) is 49.1 Å². The Hall–Kier alpha value is -2.18. The summed E-state index contributed by atoms with van der Waals surface area (Å²) in [5.41, 5.74) is 3.50. The van der Waals surface area contributed by atoms with Crippen LogP contribution in [0.3, 0.4) is 0 Å². The summed E-state index contributed by atoms with van der Waals surface area (Å²) in [4.78, 5) is 32.2. The average Bonchev–Trinajstić information content (AvgIpc) is 2.96. The van der Waals surface area contributed by atoms with Gasteiger partial charge in [0.15, 0.2) is 0 Å². The highest BCUT2D eigenvalue weighted by Gasteiger charge is 2.40. The number of halogens is 1. The van der Waals surface area contributed by atoms with Crippen LogP contribution in [-0.4, -0.2) is 54.3 Å². The van der Waals surface area contributed by atoms with Crippen molar-refractivity contribution in [2.24, 2.45) is 5.92 Å². The zero-order chi connectivity index (χ0) is 21.1. The maximum Gasteiger partial charge on any atom is 0.239 e. The largest absolute Gasteiger partial charge is 0.341 e. The monoisotopic (exact) mass is 469 g/mol. The van der Waals surface area contributed by atoms with E-state index in [1.165, 1.54) is 11.1 Å². The van der Waals surface area contributed by atoms with Gasteiger partial charge in [-0.1, -0.05) is 46.3 Å². The van der Waals surface area contributed by atoms with Gasteiger partial charge in [0.1, 0.15) is 5.92 Å². The number of hydrogen-bond donors (Lipinski definition) is 0. The lowest BCUT2D eigenvalue weighted by Gasteiger charge is -2.24. The van der Waals surface area contributed by atoms with Gasteiger partial charge in [0.05, 0.1) is 0 Å². The first-order valence-corrected chi connectivity index (χ1v) is 11.4. The summed E-state index contributed by atoms with van der Waals surface area (Å²) in [5, 5.41) is 0. The molecule has 0 aromatic heterocycles. The van der Waals surface area contributed by atoms with Crippen LogP contribution < -0.4 is 4.90 Å². The van der Waals surface area contributed by atoms with E-state index < -0.39 is 5.92 Å². The van der Waals surface area contributed by atoms with Crippen molar-refractivity contribution >= 4 is 33.4 Å². The molecule has 2 heterocycles. The van der Waals surface area contributed by atoms with E-state index in [2.05, 4.69) is 52.0 Å². The van der Waals surface area contributed by atoms with Crippen LogP contribution in [0.25, 0.3) is 0 Å². The van der Waals surface area contributed by atoms with Crippen molar-refractivity contribution in [3.8, 4) is 0 Å². The second-order valence-corrected chi connectivity index (χ2v) is 9.11. The predicted octanol–water partition coefficient (Wildman–Crippen LogP) is 3.84. The summed E-state index contributed by atoms with van der Waals surface area (Å²) < 4.78 is 0.934. The summed E-state index contributed by atoms with van der Waals surface area (Å²) >= 11 is 3.46. The Morgan fingerprint density at radius 1 is 1.03 bits per heavy atom. The van der Waals surface area contributed by atoms with Gasteiger partial charge in [-0.3, -0.25) is 14.5 Å². The summed E-state index contributed by atoms with van der Waals surface area (Å²) in [6, 6.07) is 16.2. The fourth-order valence-corrected chi connectivity index (χ4v) is 4.79. The Balaban J connectivity index is 1.37. The number of anilines is 1. The Kier molecular flexibility index (Phi) is 6.54. The maximum absolute atomic E-state index is 13.2. The SMILES string of the molecule is Cc1ccccc1CN1CCCN(C(=O)C2CCN(c3cccc(Br)c3)C2=O)CC1. The second-order valence-electron chi connectivity index (χ2n) is 8.19. The van der Waals surface area contributed by atoms with Gasteiger partial charge in [0.25, 0.3) is 0 Å². The van der Waals surface area contributed by atoms with Crippen LogP contribution in [0, 0.1) is 12.8 Å². The molecule has 6 heteroatoms. The first-order valence-electron chi connectivity index (χ1n) is 10.7. The summed E-state index contributed by atoms with van der Waals surface area (Å²) in [5.74, 6) is -0.624. The third-order valence-electron chi connectivity index (χ3n) is 6.18. The summed E-state index contributed by atoms with van der Waals surface area (Å²) in [6.45, 7) is 6.88. The van der Waals surface area contributed by atoms with E-state index in [9.17, 15) is 9.59 Å². The number of benzene rings is 2. The van der Waals surface area contributed by atoms with Crippen LogP contribution >= 0.6 is 15.9 Å². The van der Waals surface area contributed by atoms with E-state index in [4.69, 9.17) is 0 Å². The van der Waals surface area contributed by atoms with Gasteiger partial charge in [0.2, 0.25) is 11.8 Å². The Bertz CT molecular complexity index is 932. The molecule has 0 spiro atoms. The molecule has 2 aromatic carbocycles. The molecule has 1 unspecified atom stereocenters. The van der Waals surface area contributed by atoms with E-state index in [1.54, 1.807) is 4.90 Å². The molecule has 0 saturated carbocycles. The highest BCUT2D eigenvalue weighted by atomic mass is 79.9. The molecule has 0 N–H and O–H groups in total. The van der Waals surface area contributed by atoms with Crippen molar-refractivity contribution in [3.63, 3.8) is 0 Å². The lowest BCUT2D eigenvalue weighted by molar-refractivity contribution is -0.139. The van der Waals surface area contributed by atoms with E-state index in [1.807, 2.05) is 29.2 Å². The standard InChI is InChI=1S/C24H28BrN3O2/c1-18-6-2-3-7-19(18)17-26-11-5-12-27(15-14-26)23(29)22-10-13-28(24(22)30)21-9-4-8-20(25)16-21/h2-4,6-9,16,22H,5,10-15,17H2,1H3. The molecule has 5 nitrogen and oxygen atoms in total. The zero-order valence-corrected chi connectivity index (χ0v) is 19.0. The minimum absolute atomic E-state index is 0.00441. The number of rotatable bonds is 4. The van der Waals surface area contributed by atoms with E-state index in [-0.39, 0.29) is 11.8 Å². The minimum Gasteiger partial charge on any atom is -0.341 e. The van der Waals surface area contributed by atoms with Crippen LogP contribution in [0.5, 0.6) is 0 Å². The lowest BCUT2D eigenvalue weighted by Crippen LogP contribution is -2.42. The molecule has 1 atom stereocenters. The highest BCUT2D eigenvalue weighted by Crippen LogP contribution is 2.28. The van der Waals surface area contributed by atoms with Gasteiger partial charge >= 0.3 is 0 Å². The molecule has 4 rings (SSSR count). The van der Waals surface area contributed by atoms with Gasteiger partial charge in [-0.2, -0.15) is 0 Å². The van der Waals surface area contributed by atoms with Gasteiger partial charge < -0.3 is 9.80 Å². The lowest BCUT2D eigenvalue weighted by atomic mass is 10.1. The number of aryl methyl sites for hydroxylation is 1. The molecular formula is C24H28BrN3O2. The average molecular weight is 470 g/mol. The molecule has 2 saturated heterocycles. The second kappa shape index (κ2) is 9.31. The van der Waals surface area contributed by atoms with Crippen LogP contribution in [0.2, 0.25) is 0 Å². The van der Waals surface area contributed by atoms with Crippen LogP contribution in [-0.2, 0) is 16.1 Å². The maximum atomic E-state index is 13.2. The smallest absolute Gasteiger partial charge is 0.239 e. The molecule has 2 fully saturated rings. The number of amides is 2. The molecule has 0 radical (unpaired) electrons. The van der Waals surface area contributed by atoms with Gasteiger partial charge in [0, 0.05) is 49.4 Å². The molecule has 2 amide bonds. The van der Waals surface area contributed by atoms with Crippen molar-refractivity contribution in [3.05, 3.63) is 64.1 Å². The number of carbonyl (C=O) groups is 2. The molecule has 2 aromatic rings. The van der Waals surface area contributed by atoms with Crippen molar-refractivity contribution < 1.29 is 9.59 Å². The summed E-state index contributed by atoms with van der Waals surface area (Å²) in [7, 11) is 0. The van der Waals surface area contributed by atoms with E-state index >= 15 is 0 Å². The van der Waals surface area contributed by atoms with Gasteiger partial charge in [-0.25, -0.2) is 0 Å². The number of nitrogens with zero attached hydrogens (tertiary/aromatic N) is 3.